The minimum Gasteiger partial charge on any atom is -0.400 e. The first kappa shape index (κ1) is 23.6. The predicted molar refractivity (Wildman–Crippen MR) is 115 cm³/mol. The highest BCUT2D eigenvalue weighted by molar-refractivity contribution is 7.79. The summed E-state index contributed by atoms with van der Waals surface area (Å²) in [5.74, 6) is 0. The fourth-order valence-electron chi connectivity index (χ4n) is 2.58. The fraction of sp³-hybridized carbons (Fsp3) is 0.263. The van der Waals surface area contributed by atoms with Gasteiger partial charge in [-0.3, -0.25) is 14.9 Å². The van der Waals surface area contributed by atoms with Crippen molar-refractivity contribution < 1.29 is 14.8 Å². The lowest BCUT2D eigenvalue weighted by Gasteiger charge is -2.24. The number of fused-ring (bicyclic) bond motifs is 1. The van der Waals surface area contributed by atoms with Crippen LogP contribution < -0.4 is 5.32 Å². The first-order valence-corrected chi connectivity index (χ1v) is 9.14. The normalized spacial score (nSPS) is 12.3. The Kier molecular flexibility index (Phi) is 10.3. The molecule has 0 atom stereocenters. The Morgan fingerprint density at radius 2 is 1.96 bits per heavy atom. The van der Waals surface area contributed by atoms with Crippen LogP contribution in [-0.2, 0) is 13.0 Å². The van der Waals surface area contributed by atoms with Crippen molar-refractivity contribution in [2.75, 3.05) is 26.0 Å². The number of aliphatic hydroxyl groups is 1. The van der Waals surface area contributed by atoms with Gasteiger partial charge in [-0.25, -0.2) is 0 Å². The van der Waals surface area contributed by atoms with Crippen LogP contribution in [0.1, 0.15) is 21.5 Å². The number of carbonyl (C=O) groups excluding carboxylic acids is 1. The molecule has 0 saturated carbocycles. The summed E-state index contributed by atoms with van der Waals surface area (Å²) in [6.45, 7) is 1.85. The Morgan fingerprint density at radius 3 is 2.54 bits per heavy atom. The summed E-state index contributed by atoms with van der Waals surface area (Å²) in [4.78, 5) is 22.8. The van der Waals surface area contributed by atoms with Gasteiger partial charge in [0.25, 0.3) is 5.69 Å². The van der Waals surface area contributed by atoms with E-state index in [1.165, 1.54) is 11.1 Å². The number of aldehydes is 1. The van der Waals surface area contributed by atoms with E-state index in [-0.39, 0.29) is 10.6 Å². The lowest BCUT2D eigenvalue weighted by atomic mass is 10.00. The number of thiocarbonyl (C=S) groups is 1. The van der Waals surface area contributed by atoms with Gasteiger partial charge >= 0.3 is 0 Å². The molecule has 0 radical (unpaired) electrons. The van der Waals surface area contributed by atoms with Gasteiger partial charge in [-0.1, -0.05) is 29.9 Å². The molecule has 1 aliphatic rings. The van der Waals surface area contributed by atoms with E-state index < -0.39 is 0 Å². The molecule has 1 aliphatic heterocycles. The number of anilines is 1. The standard InChI is InChI=1S/C10H12N2O2.C8H6ClNOS.CH4O/c1-11-5-4-8-2-3-10(12(13)14)6-9(8)7-11;9-8-3-7(10-5-12)2-1-6(8)4-11;1-2/h2-3,6H,4-5,7H2,1H3;1-5H,(H,10,12);2H,1H3. The number of halogens is 1. The van der Waals surface area contributed by atoms with E-state index in [9.17, 15) is 14.9 Å². The number of carbonyl (C=O) groups is 1. The first-order valence-electron chi connectivity index (χ1n) is 8.29. The van der Waals surface area contributed by atoms with Gasteiger partial charge in [0.2, 0.25) is 0 Å². The fourth-order valence-corrected chi connectivity index (χ4v) is 2.94. The summed E-state index contributed by atoms with van der Waals surface area (Å²) in [6.07, 6.45) is 1.70. The zero-order valence-corrected chi connectivity index (χ0v) is 17.2. The zero-order chi connectivity index (χ0) is 21.1. The Labute approximate surface area is 174 Å². The maximum Gasteiger partial charge on any atom is 0.269 e. The van der Waals surface area contributed by atoms with E-state index >= 15 is 0 Å². The number of hydrogen-bond donors (Lipinski definition) is 2. The van der Waals surface area contributed by atoms with Crippen LogP contribution >= 0.6 is 23.8 Å². The molecule has 3 rings (SSSR count). The summed E-state index contributed by atoms with van der Waals surface area (Å²) in [5, 5.41) is 20.8. The molecule has 0 spiro atoms. The van der Waals surface area contributed by atoms with Gasteiger partial charge in [0.1, 0.15) is 0 Å². The van der Waals surface area contributed by atoms with Crippen molar-refractivity contribution >= 4 is 47.0 Å². The van der Waals surface area contributed by atoms with Gasteiger partial charge in [-0.2, -0.15) is 0 Å². The summed E-state index contributed by atoms with van der Waals surface area (Å²) < 4.78 is 0. The molecule has 2 N–H and O–H groups in total. The van der Waals surface area contributed by atoms with Crippen LogP contribution in [0.15, 0.2) is 36.4 Å². The molecule has 0 saturated heterocycles. The van der Waals surface area contributed by atoms with Crippen LogP contribution in [0.3, 0.4) is 0 Å². The molecule has 150 valence electrons. The zero-order valence-electron chi connectivity index (χ0n) is 15.6. The van der Waals surface area contributed by atoms with Crippen molar-refractivity contribution in [1.82, 2.24) is 4.90 Å². The SMILES string of the molecule is CN1CCc2ccc([N+](=O)[O-])cc2C1.CO.O=Cc1ccc(NC=S)cc1Cl. The molecule has 0 unspecified atom stereocenters. The summed E-state index contributed by atoms with van der Waals surface area (Å²) in [5.41, 5.74) is 5.17. The molecule has 9 heteroatoms. The second-order valence-electron chi connectivity index (χ2n) is 5.81. The Bertz CT molecular complexity index is 833. The van der Waals surface area contributed by atoms with E-state index in [1.807, 2.05) is 13.1 Å². The van der Waals surface area contributed by atoms with E-state index in [1.54, 1.807) is 30.3 Å². The molecular weight excluding hydrogens is 402 g/mol. The Balaban J connectivity index is 0.000000260. The van der Waals surface area contributed by atoms with Gasteiger partial charge in [-0.05, 0) is 42.8 Å². The van der Waals surface area contributed by atoms with Gasteiger partial charge in [0.05, 0.1) is 15.4 Å². The highest BCUT2D eigenvalue weighted by Crippen LogP contribution is 2.22. The summed E-state index contributed by atoms with van der Waals surface area (Å²) in [7, 11) is 3.03. The molecule has 2 aromatic carbocycles. The average Bonchev–Trinajstić information content (AvgIpc) is 2.70. The third-order valence-corrected chi connectivity index (χ3v) is 4.40. The van der Waals surface area contributed by atoms with Crippen molar-refractivity contribution in [3.05, 3.63) is 68.2 Å². The van der Waals surface area contributed by atoms with Crippen LogP contribution in [0, 0.1) is 10.1 Å². The van der Waals surface area contributed by atoms with E-state index in [0.29, 0.717) is 16.9 Å². The number of nitrogens with one attached hydrogen (secondary N) is 1. The molecule has 0 amide bonds. The smallest absolute Gasteiger partial charge is 0.269 e. The van der Waals surface area contributed by atoms with Crippen LogP contribution in [-0.4, -0.2) is 47.4 Å². The van der Waals surface area contributed by atoms with Crippen LogP contribution in [0.4, 0.5) is 11.4 Å². The molecule has 0 aliphatic carbocycles. The number of non-ortho nitro benzene ring substituents is 1. The van der Waals surface area contributed by atoms with Crippen LogP contribution in [0.2, 0.25) is 5.02 Å². The minimum absolute atomic E-state index is 0.194. The molecular formula is C19H22ClN3O4S. The van der Waals surface area contributed by atoms with E-state index in [2.05, 4.69) is 22.4 Å². The third kappa shape index (κ3) is 6.97. The number of likely N-dealkylation sites (N-methyl/N-ethyl adjacent to an activating group) is 1. The highest BCUT2D eigenvalue weighted by atomic mass is 35.5. The maximum atomic E-state index is 10.6. The van der Waals surface area contributed by atoms with Crippen molar-refractivity contribution in [2.24, 2.45) is 0 Å². The van der Waals surface area contributed by atoms with Crippen molar-refractivity contribution in [2.45, 2.75) is 13.0 Å². The van der Waals surface area contributed by atoms with Crippen LogP contribution in [0.5, 0.6) is 0 Å². The molecule has 1 heterocycles. The molecule has 0 aromatic heterocycles. The predicted octanol–water partition coefficient (Wildman–Crippen LogP) is 3.71. The number of nitrogens with zero attached hydrogens (tertiary/aromatic N) is 2. The monoisotopic (exact) mass is 423 g/mol. The van der Waals surface area contributed by atoms with Crippen molar-refractivity contribution in [3.8, 4) is 0 Å². The molecule has 0 bridgehead atoms. The third-order valence-electron chi connectivity index (χ3n) is 3.96. The maximum absolute atomic E-state index is 10.6. The lowest BCUT2D eigenvalue weighted by molar-refractivity contribution is -0.385. The number of benzene rings is 2. The van der Waals surface area contributed by atoms with E-state index in [4.69, 9.17) is 16.7 Å². The summed E-state index contributed by atoms with van der Waals surface area (Å²) >= 11 is 10.3. The number of hydrogen-bond acceptors (Lipinski definition) is 6. The molecule has 7 nitrogen and oxygen atoms in total. The largest absolute Gasteiger partial charge is 0.400 e. The summed E-state index contributed by atoms with van der Waals surface area (Å²) in [6, 6.07) is 10.2. The molecule has 2 aromatic rings. The average molecular weight is 424 g/mol. The van der Waals surface area contributed by atoms with Gasteiger partial charge in [0.15, 0.2) is 6.29 Å². The lowest BCUT2D eigenvalue weighted by Crippen LogP contribution is -2.26. The number of aliphatic hydroxyl groups excluding tert-OH is 1. The number of nitro benzene ring substituents is 1. The van der Waals surface area contributed by atoms with E-state index in [0.717, 1.165) is 37.9 Å². The number of rotatable bonds is 4. The molecule has 28 heavy (non-hydrogen) atoms. The minimum atomic E-state index is -0.338. The van der Waals surface area contributed by atoms with Gasteiger partial charge < -0.3 is 15.3 Å². The van der Waals surface area contributed by atoms with Crippen molar-refractivity contribution in [1.29, 1.82) is 0 Å². The first-order chi connectivity index (χ1) is 13.4. The van der Waals surface area contributed by atoms with Crippen LogP contribution in [0.25, 0.3) is 0 Å². The second kappa shape index (κ2) is 12.1. The van der Waals surface area contributed by atoms with Gasteiger partial charge in [-0.15, -0.1) is 0 Å². The molecule has 0 fully saturated rings. The number of nitro groups is 1. The highest BCUT2D eigenvalue weighted by Gasteiger charge is 2.16. The quantitative estimate of drug-likeness (QED) is 0.335. The topological polar surface area (TPSA) is 95.7 Å². The Hall–Kier alpha value is -2.39. The second-order valence-corrected chi connectivity index (χ2v) is 6.46. The van der Waals surface area contributed by atoms with Gasteiger partial charge in [0, 0.05) is 43.6 Å². The van der Waals surface area contributed by atoms with Crippen molar-refractivity contribution in [3.63, 3.8) is 0 Å². The Morgan fingerprint density at radius 1 is 1.25 bits per heavy atom.